The topological polar surface area (TPSA) is 140 Å². The first kappa shape index (κ1) is 36.8. The minimum Gasteiger partial charge on any atom is -0.481 e. The molecule has 5 aromatic rings. The first-order valence-corrected chi connectivity index (χ1v) is 17.2. The molecule has 6 rings (SSSR count). The molecule has 0 unspecified atom stereocenters. The molecule has 1 saturated heterocycles. The largest absolute Gasteiger partial charge is 0.481 e. The van der Waals surface area contributed by atoms with Gasteiger partial charge in [0.2, 0.25) is 11.8 Å². The minimum atomic E-state index is -0.806. The number of hydrogen-bond donors (Lipinski definition) is 2. The van der Waals surface area contributed by atoms with Gasteiger partial charge in [-0.1, -0.05) is 59.6 Å². The lowest BCUT2D eigenvalue weighted by molar-refractivity contribution is -0.119. The van der Waals surface area contributed by atoms with E-state index in [2.05, 4.69) is 15.4 Å². The third-order valence-corrected chi connectivity index (χ3v) is 9.52. The van der Waals surface area contributed by atoms with Gasteiger partial charge in [0.1, 0.15) is 23.5 Å². The molecule has 2 amide bonds. The van der Waals surface area contributed by atoms with Crippen LogP contribution in [0.15, 0.2) is 59.5 Å². The highest BCUT2D eigenvalue weighted by Crippen LogP contribution is 2.43. The summed E-state index contributed by atoms with van der Waals surface area (Å²) in [6, 6.07) is 13.2. The zero-order valence-corrected chi connectivity index (χ0v) is 30.7. The number of amides is 2. The van der Waals surface area contributed by atoms with Gasteiger partial charge in [0.15, 0.2) is 5.82 Å². The summed E-state index contributed by atoms with van der Waals surface area (Å²) in [6.07, 6.45) is 1.86. The summed E-state index contributed by atoms with van der Waals surface area (Å²) in [6.45, 7) is 4.68. The number of rotatable bonds is 9. The van der Waals surface area contributed by atoms with Crippen molar-refractivity contribution in [2.45, 2.75) is 58.4 Å². The Morgan fingerprint density at radius 3 is 2.35 bits per heavy atom. The van der Waals surface area contributed by atoms with E-state index in [4.69, 9.17) is 32.7 Å². The molecule has 2 aromatic carbocycles. The Morgan fingerprint density at radius 1 is 1.08 bits per heavy atom. The van der Waals surface area contributed by atoms with Crippen LogP contribution in [0.3, 0.4) is 0 Å². The predicted octanol–water partition coefficient (Wildman–Crippen LogP) is 6.39. The number of nitrogens with one attached hydrogen (secondary N) is 1. The number of pyridine rings is 1. The van der Waals surface area contributed by atoms with Crippen LogP contribution in [0.25, 0.3) is 39.0 Å². The van der Waals surface area contributed by atoms with E-state index >= 15 is 4.39 Å². The lowest BCUT2D eigenvalue weighted by Gasteiger charge is -2.29. The fourth-order valence-electron chi connectivity index (χ4n) is 6.13. The Hall–Kier alpha value is -4.98. The fraction of sp³-hybridized carbons (Fsp3) is 0.324. The average molecular weight is 752 g/mol. The second-order valence-corrected chi connectivity index (χ2v) is 14.2. The number of aliphatic hydroxyl groups excluding tert-OH is 1. The first-order valence-electron chi connectivity index (χ1n) is 16.5. The van der Waals surface area contributed by atoms with Gasteiger partial charge >= 0.3 is 6.09 Å². The van der Waals surface area contributed by atoms with Crippen molar-refractivity contribution in [3.8, 4) is 39.4 Å². The number of carbonyl (C=O) groups excluding carboxylic acids is 2. The summed E-state index contributed by atoms with van der Waals surface area (Å²) in [4.78, 5) is 43.9. The Morgan fingerprint density at radius 2 is 1.73 bits per heavy atom. The molecule has 0 spiro atoms. The van der Waals surface area contributed by atoms with E-state index in [-0.39, 0.29) is 58.6 Å². The van der Waals surface area contributed by atoms with Crippen LogP contribution in [-0.2, 0) is 29.7 Å². The van der Waals surface area contributed by atoms with Crippen molar-refractivity contribution in [2.75, 3.05) is 13.7 Å². The highest BCUT2D eigenvalue weighted by Gasteiger charge is 2.30. The van der Waals surface area contributed by atoms with Crippen LogP contribution >= 0.6 is 23.2 Å². The number of methoxy groups -OCH3 is 1. The van der Waals surface area contributed by atoms with Gasteiger partial charge in [-0.05, 0) is 33.3 Å². The Balaban J connectivity index is 1.35. The molecular weight excluding hydrogens is 714 g/mol. The van der Waals surface area contributed by atoms with Gasteiger partial charge in [-0.15, -0.1) is 0 Å². The standard InChI is InChI=1S/C37H37Cl2FN6O6/c1-37(2,3)52-36(50)45(17-21-12-13-31(48)41-21)18-26-27(40)15-28(42-34(26)51-5)25-11-7-10-24(33(25)39)23-9-6-8-22(32(23)38)20-14-29-35(49)44(4)30(19-47)43-46(29)16-20/h6-11,14-16,21,47H,12-13,17-19H2,1-5H3,(H,41,48)/t21-/m0/s1. The number of benzene rings is 2. The van der Waals surface area contributed by atoms with Crippen LogP contribution in [0, 0.1) is 5.82 Å². The molecule has 0 aliphatic carbocycles. The number of carbonyl (C=O) groups is 2. The fourth-order valence-corrected chi connectivity index (χ4v) is 6.79. The summed E-state index contributed by atoms with van der Waals surface area (Å²) in [5, 5.41) is 17.4. The van der Waals surface area contributed by atoms with E-state index < -0.39 is 24.1 Å². The second kappa shape index (κ2) is 14.6. The average Bonchev–Trinajstić information content (AvgIpc) is 3.72. The van der Waals surface area contributed by atoms with Crippen LogP contribution in [0.4, 0.5) is 9.18 Å². The Bertz CT molecular complexity index is 2270. The van der Waals surface area contributed by atoms with Crippen molar-refractivity contribution < 1.29 is 28.6 Å². The molecule has 2 N–H and O–H groups in total. The van der Waals surface area contributed by atoms with Crippen LogP contribution in [0.1, 0.15) is 45.0 Å². The van der Waals surface area contributed by atoms with E-state index in [9.17, 15) is 19.5 Å². The molecule has 0 saturated carbocycles. The normalized spacial score (nSPS) is 14.5. The molecule has 0 bridgehead atoms. The third kappa shape index (κ3) is 7.34. The lowest BCUT2D eigenvalue weighted by atomic mass is 9.97. The number of halogens is 3. The van der Waals surface area contributed by atoms with Gasteiger partial charge in [0.25, 0.3) is 5.56 Å². The van der Waals surface area contributed by atoms with Crippen LogP contribution in [0.5, 0.6) is 5.88 Å². The summed E-state index contributed by atoms with van der Waals surface area (Å²) >= 11 is 14.0. The van der Waals surface area contributed by atoms with Crippen molar-refractivity contribution in [3.05, 3.63) is 92.3 Å². The van der Waals surface area contributed by atoms with Gasteiger partial charge in [-0.3, -0.25) is 14.2 Å². The monoisotopic (exact) mass is 750 g/mol. The number of aliphatic hydroxyl groups is 1. The van der Waals surface area contributed by atoms with Crippen molar-refractivity contribution >= 4 is 40.7 Å². The van der Waals surface area contributed by atoms with Crippen molar-refractivity contribution in [2.24, 2.45) is 7.05 Å². The molecule has 12 nitrogen and oxygen atoms in total. The van der Waals surface area contributed by atoms with Gasteiger partial charge in [0.05, 0.1) is 35.0 Å². The Kier molecular flexibility index (Phi) is 10.3. The summed E-state index contributed by atoms with van der Waals surface area (Å²) in [5.74, 6) is -0.642. The number of fused-ring (bicyclic) bond motifs is 1. The van der Waals surface area contributed by atoms with Gasteiger partial charge in [0, 0.05) is 66.1 Å². The molecule has 1 aliphatic heterocycles. The molecule has 52 heavy (non-hydrogen) atoms. The van der Waals surface area contributed by atoms with E-state index in [1.165, 1.54) is 34.2 Å². The number of hydrogen-bond acceptors (Lipinski definition) is 8. The molecule has 1 atom stereocenters. The van der Waals surface area contributed by atoms with E-state index in [0.29, 0.717) is 51.2 Å². The SMILES string of the molecule is COc1nc(-c2cccc(-c3cccc(-c4cc5c(=O)n(C)c(CO)nn5c4)c3Cl)c2Cl)cc(F)c1CN(C[C@@H]1CCC(=O)N1)C(=O)OC(C)(C)C. The summed E-state index contributed by atoms with van der Waals surface area (Å²) in [5.41, 5.74) is 2.15. The summed E-state index contributed by atoms with van der Waals surface area (Å²) in [7, 11) is 2.90. The zero-order valence-electron chi connectivity index (χ0n) is 29.2. The molecule has 1 aliphatic rings. The molecule has 4 heterocycles. The molecule has 15 heteroatoms. The maximum absolute atomic E-state index is 16.1. The molecule has 272 valence electrons. The maximum Gasteiger partial charge on any atom is 0.410 e. The third-order valence-electron chi connectivity index (χ3n) is 8.70. The number of ether oxygens (including phenoxy) is 2. The molecular formula is C37H37Cl2FN6O6. The minimum absolute atomic E-state index is 0.0276. The van der Waals surface area contributed by atoms with Gasteiger partial charge in [-0.25, -0.2) is 18.7 Å². The smallest absolute Gasteiger partial charge is 0.410 e. The second-order valence-electron chi connectivity index (χ2n) is 13.5. The van der Waals surface area contributed by atoms with Crippen LogP contribution in [-0.4, -0.2) is 66.5 Å². The van der Waals surface area contributed by atoms with E-state index in [1.54, 1.807) is 69.4 Å². The van der Waals surface area contributed by atoms with E-state index in [1.807, 2.05) is 0 Å². The quantitative estimate of drug-likeness (QED) is 0.177. The maximum atomic E-state index is 16.1. The highest BCUT2D eigenvalue weighted by atomic mass is 35.5. The van der Waals surface area contributed by atoms with Crippen molar-refractivity contribution in [1.82, 2.24) is 29.4 Å². The predicted molar refractivity (Wildman–Crippen MR) is 195 cm³/mol. The number of aromatic nitrogens is 4. The molecule has 1 fully saturated rings. The van der Waals surface area contributed by atoms with Crippen LogP contribution in [0.2, 0.25) is 10.0 Å². The van der Waals surface area contributed by atoms with Gasteiger partial charge in [-0.2, -0.15) is 5.10 Å². The van der Waals surface area contributed by atoms with Crippen LogP contribution < -0.4 is 15.6 Å². The molecule has 3 aromatic heterocycles. The lowest BCUT2D eigenvalue weighted by Crippen LogP contribution is -2.44. The van der Waals surface area contributed by atoms with Crippen molar-refractivity contribution in [1.29, 1.82) is 0 Å². The highest BCUT2D eigenvalue weighted by molar-refractivity contribution is 6.39. The molecule has 0 radical (unpaired) electrons. The van der Waals surface area contributed by atoms with Crippen molar-refractivity contribution in [3.63, 3.8) is 0 Å². The number of nitrogens with zero attached hydrogens (tertiary/aromatic N) is 5. The zero-order chi connectivity index (χ0) is 37.5. The van der Waals surface area contributed by atoms with Gasteiger partial charge < -0.3 is 24.8 Å². The Labute approximate surface area is 308 Å². The first-order chi connectivity index (χ1) is 24.7. The summed E-state index contributed by atoms with van der Waals surface area (Å²) < 4.78 is 29.9. The van der Waals surface area contributed by atoms with E-state index in [0.717, 1.165) is 0 Å².